The van der Waals surface area contributed by atoms with Crippen LogP contribution in [0.1, 0.15) is 5.56 Å². The highest BCUT2D eigenvalue weighted by atomic mass is 19.1. The Balaban J connectivity index is 2.08. The number of carbonyl (C=O) groups excluding carboxylic acids is 1. The summed E-state index contributed by atoms with van der Waals surface area (Å²) in [4.78, 5) is 12.1. The van der Waals surface area contributed by atoms with Crippen LogP contribution in [-0.4, -0.2) is 25.3 Å². The molecular weight excluding hydrogens is 337 g/mol. The maximum absolute atomic E-state index is 14.0. The summed E-state index contributed by atoms with van der Waals surface area (Å²) in [6.45, 7) is 0. The zero-order valence-electron chi connectivity index (χ0n) is 14.2. The fourth-order valence-electron chi connectivity index (χ4n) is 2.58. The lowest BCUT2D eigenvalue weighted by Crippen LogP contribution is -2.05. The molecule has 2 aromatic carbocycles. The second-order valence-electron chi connectivity index (χ2n) is 5.36. The first kappa shape index (κ1) is 17.4. The lowest BCUT2D eigenvalue weighted by atomic mass is 9.98. The van der Waals surface area contributed by atoms with Crippen LogP contribution >= 0.6 is 0 Å². The number of methoxy groups -OCH3 is 2. The van der Waals surface area contributed by atoms with Gasteiger partial charge in [0.15, 0.2) is 5.76 Å². The molecule has 26 heavy (non-hydrogen) atoms. The van der Waals surface area contributed by atoms with Crippen molar-refractivity contribution in [2.45, 2.75) is 0 Å². The van der Waals surface area contributed by atoms with Crippen LogP contribution in [0.5, 0.6) is 0 Å². The maximum Gasteiger partial charge on any atom is 0.341 e. The molecule has 0 amide bonds. The van der Waals surface area contributed by atoms with Gasteiger partial charge in [0, 0.05) is 17.2 Å². The van der Waals surface area contributed by atoms with Crippen LogP contribution in [0.3, 0.4) is 0 Å². The smallest absolute Gasteiger partial charge is 0.341 e. The highest BCUT2D eigenvalue weighted by Crippen LogP contribution is 2.32. The van der Waals surface area contributed by atoms with E-state index in [-0.39, 0.29) is 5.57 Å². The summed E-state index contributed by atoms with van der Waals surface area (Å²) in [6, 6.07) is 15.0. The molecule has 0 atom stereocenters. The molecule has 0 radical (unpaired) electrons. The van der Waals surface area contributed by atoms with Crippen LogP contribution < -0.4 is 0 Å². The highest BCUT2D eigenvalue weighted by molar-refractivity contribution is 6.17. The Bertz CT molecular complexity index is 962. The summed E-state index contributed by atoms with van der Waals surface area (Å²) < 4.78 is 29.1. The number of rotatable bonds is 5. The first-order chi connectivity index (χ1) is 12.7. The molecule has 0 bridgehead atoms. The maximum atomic E-state index is 14.0. The normalized spacial score (nSPS) is 11.3. The van der Waals surface area contributed by atoms with Gasteiger partial charge >= 0.3 is 5.97 Å². The van der Waals surface area contributed by atoms with Gasteiger partial charge in [-0.25, -0.2) is 9.18 Å². The predicted molar refractivity (Wildman–Crippen MR) is 94.3 cm³/mol. The average molecular weight is 353 g/mol. The number of carbonyl (C=O) groups is 1. The van der Waals surface area contributed by atoms with E-state index in [4.69, 9.17) is 14.0 Å². The topological polar surface area (TPSA) is 61.6 Å². The number of ether oxygens (including phenoxy) is 2. The van der Waals surface area contributed by atoms with E-state index >= 15 is 0 Å². The molecule has 1 aromatic heterocycles. The Morgan fingerprint density at radius 3 is 2.46 bits per heavy atom. The third-order valence-corrected chi connectivity index (χ3v) is 3.78. The summed E-state index contributed by atoms with van der Waals surface area (Å²) >= 11 is 0. The van der Waals surface area contributed by atoms with Gasteiger partial charge in [0.25, 0.3) is 0 Å². The fourth-order valence-corrected chi connectivity index (χ4v) is 2.58. The molecule has 132 valence electrons. The molecule has 1 heterocycles. The zero-order chi connectivity index (χ0) is 18.5. The van der Waals surface area contributed by atoms with E-state index in [1.165, 1.54) is 26.5 Å². The predicted octanol–water partition coefficient (Wildman–Crippen LogP) is 4.31. The molecule has 0 aliphatic heterocycles. The Hall–Kier alpha value is -3.41. The Kier molecular flexibility index (Phi) is 5.12. The number of halogens is 1. The van der Waals surface area contributed by atoms with Gasteiger partial charge in [-0.15, -0.1) is 0 Å². The SMILES string of the molecule is CO/C=C(/C(=O)OC)c1ccccc1-c1cc(-c2ccccc2F)on1. The molecule has 3 aromatic rings. The van der Waals surface area contributed by atoms with Crippen LogP contribution in [0.2, 0.25) is 0 Å². The van der Waals surface area contributed by atoms with E-state index in [1.807, 2.05) is 0 Å². The van der Waals surface area contributed by atoms with Gasteiger partial charge in [-0.3, -0.25) is 0 Å². The molecule has 0 N–H and O–H groups in total. The molecule has 5 nitrogen and oxygen atoms in total. The molecule has 0 aliphatic rings. The largest absolute Gasteiger partial charge is 0.503 e. The summed E-state index contributed by atoms with van der Waals surface area (Å²) in [6.07, 6.45) is 1.31. The van der Waals surface area contributed by atoms with Crippen LogP contribution in [-0.2, 0) is 14.3 Å². The molecule has 0 aliphatic carbocycles. The standard InChI is InChI=1S/C20H16FNO4/c1-24-12-16(20(23)25-2)13-7-3-4-8-14(13)18-11-19(26-22-18)15-9-5-6-10-17(15)21/h3-12H,1-2H3/b16-12+. The Morgan fingerprint density at radius 1 is 1.08 bits per heavy atom. The molecular formula is C20H16FNO4. The van der Waals surface area contributed by atoms with Gasteiger partial charge in [0.2, 0.25) is 0 Å². The molecule has 0 unspecified atom stereocenters. The molecule has 0 saturated carbocycles. The number of esters is 1. The first-order valence-corrected chi connectivity index (χ1v) is 7.78. The Labute approximate surface area is 149 Å². The van der Waals surface area contributed by atoms with Gasteiger partial charge in [-0.2, -0.15) is 0 Å². The second kappa shape index (κ2) is 7.65. The number of hydrogen-bond acceptors (Lipinski definition) is 5. The van der Waals surface area contributed by atoms with E-state index in [1.54, 1.807) is 48.5 Å². The van der Waals surface area contributed by atoms with Gasteiger partial charge in [-0.05, 0) is 12.1 Å². The van der Waals surface area contributed by atoms with E-state index in [0.29, 0.717) is 28.1 Å². The summed E-state index contributed by atoms with van der Waals surface area (Å²) in [5.41, 5.74) is 2.21. The molecule has 3 rings (SSSR count). The summed E-state index contributed by atoms with van der Waals surface area (Å²) in [5.74, 6) is -0.654. The fraction of sp³-hybridized carbons (Fsp3) is 0.100. The third kappa shape index (κ3) is 3.35. The van der Waals surface area contributed by atoms with Crippen molar-refractivity contribution in [1.29, 1.82) is 0 Å². The van der Waals surface area contributed by atoms with Gasteiger partial charge in [0.1, 0.15) is 17.1 Å². The lowest BCUT2D eigenvalue weighted by molar-refractivity contribution is -0.133. The van der Waals surface area contributed by atoms with Crippen molar-refractivity contribution in [3.63, 3.8) is 0 Å². The van der Waals surface area contributed by atoms with Crippen LogP contribution in [0.25, 0.3) is 28.2 Å². The van der Waals surface area contributed by atoms with Crippen molar-refractivity contribution in [2.75, 3.05) is 14.2 Å². The highest BCUT2D eigenvalue weighted by Gasteiger charge is 2.20. The van der Waals surface area contributed by atoms with E-state index in [9.17, 15) is 9.18 Å². The van der Waals surface area contributed by atoms with Crippen molar-refractivity contribution >= 4 is 11.5 Å². The van der Waals surface area contributed by atoms with Crippen molar-refractivity contribution in [3.05, 3.63) is 72.2 Å². The minimum absolute atomic E-state index is 0.237. The minimum atomic E-state index is -0.544. The first-order valence-electron chi connectivity index (χ1n) is 7.78. The molecule has 0 saturated heterocycles. The quantitative estimate of drug-likeness (QED) is 0.389. The minimum Gasteiger partial charge on any atom is -0.503 e. The van der Waals surface area contributed by atoms with Crippen molar-refractivity contribution in [3.8, 4) is 22.6 Å². The van der Waals surface area contributed by atoms with Crippen molar-refractivity contribution in [2.24, 2.45) is 0 Å². The van der Waals surface area contributed by atoms with Gasteiger partial charge < -0.3 is 14.0 Å². The van der Waals surface area contributed by atoms with Gasteiger partial charge in [-0.1, -0.05) is 41.6 Å². The van der Waals surface area contributed by atoms with Crippen LogP contribution in [0, 0.1) is 5.82 Å². The monoisotopic (exact) mass is 353 g/mol. The van der Waals surface area contributed by atoms with E-state index < -0.39 is 11.8 Å². The van der Waals surface area contributed by atoms with Gasteiger partial charge in [0.05, 0.1) is 26.0 Å². The number of aromatic nitrogens is 1. The lowest BCUT2D eigenvalue weighted by Gasteiger charge is -2.09. The second-order valence-corrected chi connectivity index (χ2v) is 5.36. The van der Waals surface area contributed by atoms with Crippen molar-refractivity contribution < 1.29 is 23.2 Å². The molecule has 6 heteroatoms. The number of hydrogen-bond donors (Lipinski definition) is 0. The number of benzene rings is 2. The average Bonchev–Trinajstić information content (AvgIpc) is 3.15. The summed E-state index contributed by atoms with van der Waals surface area (Å²) in [5, 5.41) is 4.03. The van der Waals surface area contributed by atoms with Crippen LogP contribution in [0.4, 0.5) is 4.39 Å². The van der Waals surface area contributed by atoms with Crippen LogP contribution in [0.15, 0.2) is 65.4 Å². The zero-order valence-corrected chi connectivity index (χ0v) is 14.2. The molecule has 0 spiro atoms. The van der Waals surface area contributed by atoms with E-state index in [2.05, 4.69) is 5.16 Å². The third-order valence-electron chi connectivity index (χ3n) is 3.78. The molecule has 0 fully saturated rings. The van der Waals surface area contributed by atoms with Crippen molar-refractivity contribution in [1.82, 2.24) is 5.16 Å². The summed E-state index contributed by atoms with van der Waals surface area (Å²) in [7, 11) is 2.73. The Morgan fingerprint density at radius 2 is 1.77 bits per heavy atom. The van der Waals surface area contributed by atoms with E-state index in [0.717, 1.165) is 0 Å². The number of nitrogens with zero attached hydrogens (tertiary/aromatic N) is 1.